The number of Topliss-reactive ketones (excluding diaryl/α,β-unsaturated/α-hetero) is 1. The first-order chi connectivity index (χ1) is 10.4. The first-order valence-corrected chi connectivity index (χ1v) is 8.24. The highest BCUT2D eigenvalue weighted by Crippen LogP contribution is 2.67. The zero-order chi connectivity index (χ0) is 16.0. The van der Waals surface area contributed by atoms with Crippen LogP contribution in [-0.2, 0) is 16.0 Å². The van der Waals surface area contributed by atoms with Crippen molar-refractivity contribution in [3.05, 3.63) is 48.0 Å². The number of aryl methyl sites for hydroxylation is 1. The number of benzene rings is 1. The van der Waals surface area contributed by atoms with Crippen molar-refractivity contribution in [1.82, 2.24) is 0 Å². The number of ketones is 1. The zero-order valence-corrected chi connectivity index (χ0v) is 13.9. The van der Waals surface area contributed by atoms with Crippen molar-refractivity contribution in [3.8, 4) is 0 Å². The predicted molar refractivity (Wildman–Crippen MR) is 88.6 cm³/mol. The van der Waals surface area contributed by atoms with Gasteiger partial charge in [-0.25, -0.2) is 0 Å². The van der Waals surface area contributed by atoms with Gasteiger partial charge >= 0.3 is 0 Å². The second-order valence-corrected chi connectivity index (χ2v) is 7.33. The SMILES string of the molecule is C=C1[C@@H]2CC[C@](C(=O)CCc3ccccc3)([C@H]2OC)C1(C)C. The molecule has 0 saturated heterocycles. The molecule has 2 aliphatic carbocycles. The monoisotopic (exact) mass is 298 g/mol. The maximum Gasteiger partial charge on any atom is 0.142 e. The molecule has 0 heterocycles. The molecule has 2 saturated carbocycles. The maximum atomic E-state index is 13.2. The van der Waals surface area contributed by atoms with Gasteiger partial charge in [-0.2, -0.15) is 0 Å². The van der Waals surface area contributed by atoms with Crippen LogP contribution in [0.2, 0.25) is 0 Å². The number of hydrogen-bond acceptors (Lipinski definition) is 2. The van der Waals surface area contributed by atoms with E-state index in [-0.39, 0.29) is 16.9 Å². The quantitative estimate of drug-likeness (QED) is 0.762. The fourth-order valence-corrected chi connectivity index (χ4v) is 4.93. The van der Waals surface area contributed by atoms with Gasteiger partial charge in [-0.15, -0.1) is 0 Å². The van der Waals surface area contributed by atoms with Gasteiger partial charge in [-0.1, -0.05) is 56.3 Å². The molecule has 0 amide bonds. The van der Waals surface area contributed by atoms with Crippen molar-refractivity contribution >= 4 is 5.78 Å². The fraction of sp³-hybridized carbons (Fsp3) is 0.550. The Morgan fingerprint density at radius 1 is 1.32 bits per heavy atom. The number of rotatable bonds is 5. The third kappa shape index (κ3) is 1.93. The lowest BCUT2D eigenvalue weighted by Gasteiger charge is -2.43. The molecule has 0 radical (unpaired) electrons. The normalized spacial score (nSPS) is 32.4. The molecule has 0 aromatic heterocycles. The van der Waals surface area contributed by atoms with E-state index in [4.69, 9.17) is 4.74 Å². The average Bonchev–Trinajstić information content (AvgIpc) is 2.99. The highest BCUT2D eigenvalue weighted by atomic mass is 16.5. The number of carbonyl (C=O) groups is 1. The van der Waals surface area contributed by atoms with Crippen molar-refractivity contribution in [1.29, 1.82) is 0 Å². The molecular weight excluding hydrogens is 272 g/mol. The van der Waals surface area contributed by atoms with E-state index in [1.807, 2.05) is 18.2 Å². The van der Waals surface area contributed by atoms with Crippen LogP contribution in [0.25, 0.3) is 0 Å². The van der Waals surface area contributed by atoms with Gasteiger partial charge in [0, 0.05) is 24.9 Å². The maximum absolute atomic E-state index is 13.2. The molecule has 2 nitrogen and oxygen atoms in total. The van der Waals surface area contributed by atoms with Crippen molar-refractivity contribution in [2.45, 2.75) is 45.6 Å². The Labute approximate surface area is 133 Å². The van der Waals surface area contributed by atoms with Crippen molar-refractivity contribution in [3.63, 3.8) is 0 Å². The van der Waals surface area contributed by atoms with E-state index in [2.05, 4.69) is 32.6 Å². The predicted octanol–water partition coefficient (Wildman–Crippen LogP) is 4.20. The van der Waals surface area contributed by atoms with Crippen LogP contribution in [-0.4, -0.2) is 19.0 Å². The largest absolute Gasteiger partial charge is 0.380 e. The minimum Gasteiger partial charge on any atom is -0.380 e. The minimum absolute atomic E-state index is 0.0123. The van der Waals surface area contributed by atoms with E-state index in [0.29, 0.717) is 18.1 Å². The van der Waals surface area contributed by atoms with Gasteiger partial charge in [-0.3, -0.25) is 4.79 Å². The number of fused-ring (bicyclic) bond motifs is 2. The van der Waals surface area contributed by atoms with Gasteiger partial charge in [0.1, 0.15) is 5.78 Å². The Kier molecular flexibility index (Phi) is 3.76. The van der Waals surface area contributed by atoms with E-state index < -0.39 is 0 Å². The summed E-state index contributed by atoms with van der Waals surface area (Å²) in [6.07, 6.45) is 3.39. The summed E-state index contributed by atoms with van der Waals surface area (Å²) < 4.78 is 5.80. The molecule has 2 heteroatoms. The van der Waals surface area contributed by atoms with E-state index >= 15 is 0 Å². The minimum atomic E-state index is -0.377. The molecule has 0 unspecified atom stereocenters. The Hall–Kier alpha value is -1.41. The van der Waals surface area contributed by atoms with Crippen LogP contribution in [0.4, 0.5) is 0 Å². The zero-order valence-electron chi connectivity index (χ0n) is 13.9. The average molecular weight is 298 g/mol. The van der Waals surface area contributed by atoms with Gasteiger partial charge in [0.2, 0.25) is 0 Å². The van der Waals surface area contributed by atoms with Gasteiger partial charge in [-0.05, 0) is 24.8 Å². The molecule has 2 fully saturated rings. The number of ether oxygens (including phenoxy) is 1. The van der Waals surface area contributed by atoms with Gasteiger partial charge in [0.05, 0.1) is 11.5 Å². The third-order valence-electron chi connectivity index (χ3n) is 6.30. The van der Waals surface area contributed by atoms with E-state index in [0.717, 1.165) is 19.3 Å². The fourth-order valence-electron chi connectivity index (χ4n) is 4.93. The van der Waals surface area contributed by atoms with Crippen LogP contribution in [0.1, 0.15) is 38.7 Å². The summed E-state index contributed by atoms with van der Waals surface area (Å²) in [7, 11) is 1.75. The van der Waals surface area contributed by atoms with Crippen LogP contribution in [0.15, 0.2) is 42.5 Å². The molecule has 22 heavy (non-hydrogen) atoms. The summed E-state index contributed by atoms with van der Waals surface area (Å²) in [5.74, 6) is 0.704. The van der Waals surface area contributed by atoms with E-state index in [1.54, 1.807) is 7.11 Å². The molecule has 2 bridgehead atoms. The first-order valence-electron chi connectivity index (χ1n) is 8.24. The van der Waals surface area contributed by atoms with Gasteiger partial charge in [0.25, 0.3) is 0 Å². The molecule has 1 aromatic carbocycles. The Bertz CT molecular complexity index is 587. The Morgan fingerprint density at radius 3 is 2.64 bits per heavy atom. The van der Waals surface area contributed by atoms with Crippen LogP contribution in [0, 0.1) is 16.7 Å². The van der Waals surface area contributed by atoms with Gasteiger partial charge in [0.15, 0.2) is 0 Å². The first kappa shape index (κ1) is 15.5. The molecule has 0 spiro atoms. The lowest BCUT2D eigenvalue weighted by molar-refractivity contribution is -0.141. The summed E-state index contributed by atoms with van der Waals surface area (Å²) in [6.45, 7) is 8.66. The second kappa shape index (κ2) is 5.34. The third-order valence-corrected chi connectivity index (χ3v) is 6.30. The van der Waals surface area contributed by atoms with Crippen LogP contribution < -0.4 is 0 Å². The summed E-state index contributed by atoms with van der Waals surface area (Å²) in [6, 6.07) is 10.3. The number of carbonyl (C=O) groups excluding carboxylic acids is 1. The second-order valence-electron chi connectivity index (χ2n) is 7.33. The number of hydrogen-bond donors (Lipinski definition) is 0. The number of methoxy groups -OCH3 is 1. The molecular formula is C20H26O2. The molecule has 3 rings (SSSR count). The molecule has 0 aliphatic heterocycles. The summed E-state index contributed by atoms with van der Waals surface area (Å²) >= 11 is 0. The Balaban J connectivity index is 1.84. The summed E-state index contributed by atoms with van der Waals surface area (Å²) in [4.78, 5) is 13.2. The summed E-state index contributed by atoms with van der Waals surface area (Å²) in [5.41, 5.74) is 1.90. The lowest BCUT2D eigenvalue weighted by Crippen LogP contribution is -2.47. The Morgan fingerprint density at radius 2 is 2.00 bits per heavy atom. The molecule has 3 atom stereocenters. The summed E-state index contributed by atoms with van der Waals surface area (Å²) in [5, 5.41) is 0. The lowest BCUT2D eigenvalue weighted by atomic mass is 9.60. The van der Waals surface area contributed by atoms with Crippen LogP contribution >= 0.6 is 0 Å². The van der Waals surface area contributed by atoms with E-state index in [9.17, 15) is 4.79 Å². The molecule has 118 valence electrons. The van der Waals surface area contributed by atoms with Crippen molar-refractivity contribution < 1.29 is 9.53 Å². The smallest absolute Gasteiger partial charge is 0.142 e. The van der Waals surface area contributed by atoms with Crippen molar-refractivity contribution in [2.75, 3.05) is 7.11 Å². The van der Waals surface area contributed by atoms with Crippen LogP contribution in [0.5, 0.6) is 0 Å². The molecule has 2 aliphatic rings. The molecule has 0 N–H and O–H groups in total. The highest BCUT2D eigenvalue weighted by Gasteiger charge is 2.68. The molecule has 1 aromatic rings. The topological polar surface area (TPSA) is 26.3 Å². The highest BCUT2D eigenvalue weighted by molar-refractivity contribution is 5.89. The van der Waals surface area contributed by atoms with Crippen molar-refractivity contribution in [2.24, 2.45) is 16.7 Å². The van der Waals surface area contributed by atoms with E-state index in [1.165, 1.54) is 11.1 Å². The standard InChI is InChI=1S/C20H26O2/c1-14-16-12-13-20(18(16)22-4,19(14,2)3)17(21)11-10-15-8-6-5-7-9-15/h5-9,16,18H,1,10-13H2,2-4H3/t16-,18-,20-/m0/s1. The van der Waals surface area contributed by atoms with Crippen LogP contribution in [0.3, 0.4) is 0 Å². The van der Waals surface area contributed by atoms with Gasteiger partial charge < -0.3 is 4.74 Å².